The number of esters is 1. The summed E-state index contributed by atoms with van der Waals surface area (Å²) in [6.45, 7) is 5.70. The summed E-state index contributed by atoms with van der Waals surface area (Å²) in [5, 5.41) is 2.71. The van der Waals surface area contributed by atoms with Gasteiger partial charge < -0.3 is 14.8 Å². The van der Waals surface area contributed by atoms with Crippen molar-refractivity contribution < 1.29 is 19.1 Å². The maximum absolute atomic E-state index is 12.0. The van der Waals surface area contributed by atoms with Gasteiger partial charge in [0.05, 0.1) is 13.0 Å². The van der Waals surface area contributed by atoms with Crippen molar-refractivity contribution >= 4 is 17.6 Å². The van der Waals surface area contributed by atoms with Gasteiger partial charge in [-0.15, -0.1) is 0 Å². The standard InChI is InChI=1S/C20H23NO4/c1-14-4-8-17(9-5-14)21-20(23)16(3)25-19(22)12-13-24-18-10-6-15(2)7-11-18/h4-11,16H,12-13H2,1-3H3,(H,21,23)/t16-/m0/s1. The van der Waals surface area contributed by atoms with E-state index in [1.165, 1.54) is 0 Å². The summed E-state index contributed by atoms with van der Waals surface area (Å²) in [6, 6.07) is 15.0. The second-order valence-corrected chi connectivity index (χ2v) is 5.90. The maximum Gasteiger partial charge on any atom is 0.310 e. The van der Waals surface area contributed by atoms with Gasteiger partial charge in [0.25, 0.3) is 5.91 Å². The molecule has 5 nitrogen and oxygen atoms in total. The molecule has 2 aromatic rings. The molecule has 0 saturated heterocycles. The van der Waals surface area contributed by atoms with Crippen LogP contribution in [0.4, 0.5) is 5.69 Å². The zero-order chi connectivity index (χ0) is 18.2. The fourth-order valence-corrected chi connectivity index (χ4v) is 2.08. The van der Waals surface area contributed by atoms with Crippen molar-refractivity contribution in [1.82, 2.24) is 0 Å². The molecule has 5 heteroatoms. The summed E-state index contributed by atoms with van der Waals surface area (Å²) in [5.74, 6) is -0.140. The first-order valence-corrected chi connectivity index (χ1v) is 8.20. The number of ether oxygens (including phenoxy) is 2. The zero-order valence-electron chi connectivity index (χ0n) is 14.7. The van der Waals surface area contributed by atoms with Gasteiger partial charge in [-0.05, 0) is 45.0 Å². The molecule has 0 spiro atoms. The molecule has 1 amide bonds. The van der Waals surface area contributed by atoms with Gasteiger partial charge in [0.1, 0.15) is 5.75 Å². The van der Waals surface area contributed by atoms with E-state index in [-0.39, 0.29) is 18.9 Å². The first-order chi connectivity index (χ1) is 11.9. The second-order valence-electron chi connectivity index (χ2n) is 5.90. The van der Waals surface area contributed by atoms with Crippen molar-refractivity contribution in [2.75, 3.05) is 11.9 Å². The van der Waals surface area contributed by atoms with Gasteiger partial charge in [0.2, 0.25) is 0 Å². The molecule has 0 saturated carbocycles. The zero-order valence-corrected chi connectivity index (χ0v) is 14.7. The number of amides is 1. The predicted octanol–water partition coefficient (Wildman–Crippen LogP) is 3.64. The van der Waals surface area contributed by atoms with Gasteiger partial charge in [-0.3, -0.25) is 9.59 Å². The van der Waals surface area contributed by atoms with Gasteiger partial charge in [-0.1, -0.05) is 35.4 Å². The average molecular weight is 341 g/mol. The highest BCUT2D eigenvalue weighted by atomic mass is 16.5. The van der Waals surface area contributed by atoms with E-state index < -0.39 is 12.1 Å². The summed E-state index contributed by atoms with van der Waals surface area (Å²) in [5.41, 5.74) is 2.91. The highest BCUT2D eigenvalue weighted by molar-refractivity contribution is 5.95. The number of nitrogens with one attached hydrogen (secondary N) is 1. The molecule has 1 N–H and O–H groups in total. The van der Waals surface area contributed by atoms with Gasteiger partial charge in [0, 0.05) is 5.69 Å². The SMILES string of the molecule is Cc1ccc(NC(=O)[C@H](C)OC(=O)CCOc2ccc(C)cc2)cc1. The normalized spacial score (nSPS) is 11.5. The third kappa shape index (κ3) is 6.30. The molecule has 0 aliphatic heterocycles. The average Bonchev–Trinajstić information content (AvgIpc) is 2.58. The fourth-order valence-electron chi connectivity index (χ4n) is 2.08. The van der Waals surface area contributed by atoms with Crippen molar-refractivity contribution in [3.05, 3.63) is 59.7 Å². The van der Waals surface area contributed by atoms with Crippen molar-refractivity contribution in [3.8, 4) is 5.75 Å². The molecule has 2 rings (SSSR count). The van der Waals surface area contributed by atoms with Crippen molar-refractivity contribution in [1.29, 1.82) is 0 Å². The van der Waals surface area contributed by atoms with Crippen LogP contribution in [-0.4, -0.2) is 24.6 Å². The molecule has 25 heavy (non-hydrogen) atoms. The minimum atomic E-state index is -0.867. The molecule has 0 fully saturated rings. The Bertz CT molecular complexity index is 707. The number of aryl methyl sites for hydroxylation is 2. The molecule has 0 aliphatic carbocycles. The molecule has 0 aliphatic rings. The Kier molecular flexibility index (Phi) is 6.57. The summed E-state index contributed by atoms with van der Waals surface area (Å²) >= 11 is 0. The minimum absolute atomic E-state index is 0.0794. The minimum Gasteiger partial charge on any atom is -0.493 e. The van der Waals surface area contributed by atoms with Crippen LogP contribution in [0.15, 0.2) is 48.5 Å². The number of anilines is 1. The van der Waals surface area contributed by atoms with Crippen LogP contribution in [0.1, 0.15) is 24.5 Å². The number of hydrogen-bond acceptors (Lipinski definition) is 4. The molecular weight excluding hydrogens is 318 g/mol. The Labute approximate surface area is 148 Å². The van der Waals surface area contributed by atoms with Crippen LogP contribution < -0.4 is 10.1 Å². The first kappa shape index (κ1) is 18.5. The number of rotatable bonds is 7. The third-order valence-corrected chi connectivity index (χ3v) is 3.59. The van der Waals surface area contributed by atoms with E-state index in [1.807, 2.05) is 50.2 Å². The quantitative estimate of drug-likeness (QED) is 0.781. The smallest absolute Gasteiger partial charge is 0.310 e. The molecule has 1 atom stereocenters. The highest BCUT2D eigenvalue weighted by Crippen LogP contribution is 2.12. The lowest BCUT2D eigenvalue weighted by atomic mass is 10.2. The van der Waals surface area contributed by atoms with Crippen LogP contribution in [0.5, 0.6) is 5.75 Å². The Hall–Kier alpha value is -2.82. The largest absolute Gasteiger partial charge is 0.493 e. The van der Waals surface area contributed by atoms with E-state index in [9.17, 15) is 9.59 Å². The van der Waals surface area contributed by atoms with Crippen LogP contribution in [0, 0.1) is 13.8 Å². The van der Waals surface area contributed by atoms with E-state index in [0.29, 0.717) is 11.4 Å². The molecule has 0 unspecified atom stereocenters. The topological polar surface area (TPSA) is 64.6 Å². The molecule has 132 valence electrons. The molecule has 0 heterocycles. The van der Waals surface area contributed by atoms with Gasteiger partial charge in [-0.2, -0.15) is 0 Å². The Balaban J connectivity index is 1.72. The monoisotopic (exact) mass is 341 g/mol. The highest BCUT2D eigenvalue weighted by Gasteiger charge is 2.17. The van der Waals surface area contributed by atoms with Crippen LogP contribution >= 0.6 is 0 Å². The van der Waals surface area contributed by atoms with E-state index >= 15 is 0 Å². The molecule has 2 aromatic carbocycles. The van der Waals surface area contributed by atoms with Crippen LogP contribution in [-0.2, 0) is 14.3 Å². The van der Waals surface area contributed by atoms with E-state index in [0.717, 1.165) is 11.1 Å². The molecule has 0 bridgehead atoms. The van der Waals surface area contributed by atoms with Gasteiger partial charge >= 0.3 is 5.97 Å². The third-order valence-electron chi connectivity index (χ3n) is 3.59. The van der Waals surface area contributed by atoms with Gasteiger partial charge in [-0.25, -0.2) is 0 Å². The van der Waals surface area contributed by atoms with E-state index in [4.69, 9.17) is 9.47 Å². The molecule has 0 aromatic heterocycles. The predicted molar refractivity (Wildman–Crippen MR) is 96.7 cm³/mol. The fraction of sp³-hybridized carbons (Fsp3) is 0.300. The van der Waals surface area contributed by atoms with Crippen LogP contribution in [0.2, 0.25) is 0 Å². The number of benzene rings is 2. The van der Waals surface area contributed by atoms with Crippen molar-refractivity contribution in [2.45, 2.75) is 33.3 Å². The van der Waals surface area contributed by atoms with E-state index in [1.54, 1.807) is 19.1 Å². The number of hydrogen-bond donors (Lipinski definition) is 1. The van der Waals surface area contributed by atoms with Gasteiger partial charge in [0.15, 0.2) is 6.10 Å². The lowest BCUT2D eigenvalue weighted by molar-refractivity contribution is -0.153. The molecule has 0 radical (unpaired) electrons. The second kappa shape index (κ2) is 8.87. The Morgan fingerprint density at radius 3 is 2.12 bits per heavy atom. The summed E-state index contributed by atoms with van der Waals surface area (Å²) in [4.78, 5) is 23.9. The molecular formula is C20H23NO4. The number of carbonyl (C=O) groups excluding carboxylic acids is 2. The summed E-state index contributed by atoms with van der Waals surface area (Å²) < 4.78 is 10.6. The van der Waals surface area contributed by atoms with Crippen molar-refractivity contribution in [2.24, 2.45) is 0 Å². The maximum atomic E-state index is 12.0. The lowest BCUT2D eigenvalue weighted by Gasteiger charge is -2.14. The van der Waals surface area contributed by atoms with Crippen LogP contribution in [0.25, 0.3) is 0 Å². The van der Waals surface area contributed by atoms with Crippen LogP contribution in [0.3, 0.4) is 0 Å². The van der Waals surface area contributed by atoms with Crippen molar-refractivity contribution in [3.63, 3.8) is 0 Å². The lowest BCUT2D eigenvalue weighted by Crippen LogP contribution is -2.30. The Morgan fingerprint density at radius 1 is 0.960 bits per heavy atom. The number of carbonyl (C=O) groups is 2. The summed E-state index contributed by atoms with van der Waals surface area (Å²) in [7, 11) is 0. The van der Waals surface area contributed by atoms with E-state index in [2.05, 4.69) is 5.32 Å². The summed E-state index contributed by atoms with van der Waals surface area (Å²) in [6.07, 6.45) is -0.788. The Morgan fingerprint density at radius 2 is 1.52 bits per heavy atom. The first-order valence-electron chi connectivity index (χ1n) is 8.20.